The molecule has 0 spiro atoms. The Bertz CT molecular complexity index is 749. The quantitative estimate of drug-likeness (QED) is 0.781. The van der Waals surface area contributed by atoms with Gasteiger partial charge in [-0.2, -0.15) is 10.1 Å². The molecule has 2 heterocycles. The van der Waals surface area contributed by atoms with Gasteiger partial charge in [-0.05, 0) is 19.1 Å². The average molecular weight is 283 g/mol. The number of nitrogens with one attached hydrogen (secondary N) is 1. The van der Waals surface area contributed by atoms with Crippen LogP contribution < -0.4 is 0 Å². The molecule has 0 fully saturated rings. The summed E-state index contributed by atoms with van der Waals surface area (Å²) in [6.45, 7) is 8.03. The lowest BCUT2D eigenvalue weighted by molar-refractivity contribution is 0.402. The van der Waals surface area contributed by atoms with Gasteiger partial charge in [0.15, 0.2) is 11.6 Å². The van der Waals surface area contributed by atoms with Crippen molar-refractivity contribution in [1.29, 1.82) is 0 Å². The number of hydrogen-bond acceptors (Lipinski definition) is 5. The Balaban J connectivity index is 1.89. The number of rotatable bonds is 2. The van der Waals surface area contributed by atoms with E-state index in [2.05, 4.69) is 46.1 Å². The van der Waals surface area contributed by atoms with Crippen molar-refractivity contribution < 1.29 is 4.52 Å². The summed E-state index contributed by atoms with van der Waals surface area (Å²) < 4.78 is 5.33. The van der Waals surface area contributed by atoms with Crippen molar-refractivity contribution in [2.24, 2.45) is 0 Å². The van der Waals surface area contributed by atoms with E-state index in [1.54, 1.807) is 0 Å². The highest BCUT2D eigenvalue weighted by molar-refractivity contribution is 5.62. The molecule has 21 heavy (non-hydrogen) atoms. The third kappa shape index (κ3) is 2.69. The van der Waals surface area contributed by atoms with Crippen LogP contribution in [0.3, 0.4) is 0 Å². The van der Waals surface area contributed by atoms with Gasteiger partial charge in [-0.1, -0.05) is 38.1 Å². The van der Waals surface area contributed by atoms with Gasteiger partial charge in [-0.15, -0.1) is 0 Å². The average Bonchev–Trinajstić information content (AvgIpc) is 3.07. The van der Waals surface area contributed by atoms with Crippen LogP contribution in [0.4, 0.5) is 0 Å². The minimum absolute atomic E-state index is 0.127. The third-order valence-electron chi connectivity index (χ3n) is 3.08. The standard InChI is InChI=1S/C15H17N5O/c1-9-16-12(19-18-9)10-5-7-11(8-6-10)13-17-14(20-21-13)15(2,3)4/h5-8H,1-4H3,(H,16,18,19). The molecule has 0 radical (unpaired) electrons. The lowest BCUT2D eigenvalue weighted by Crippen LogP contribution is -2.13. The van der Waals surface area contributed by atoms with E-state index in [0.717, 1.165) is 17.0 Å². The second-order valence-corrected chi connectivity index (χ2v) is 5.99. The Morgan fingerprint density at radius 1 is 1.00 bits per heavy atom. The summed E-state index contributed by atoms with van der Waals surface area (Å²) in [5.74, 6) is 2.70. The fourth-order valence-corrected chi connectivity index (χ4v) is 1.88. The van der Waals surface area contributed by atoms with Gasteiger partial charge in [0.25, 0.3) is 5.89 Å². The van der Waals surface area contributed by atoms with E-state index in [1.807, 2.05) is 31.2 Å². The van der Waals surface area contributed by atoms with Gasteiger partial charge >= 0.3 is 0 Å². The van der Waals surface area contributed by atoms with Crippen LogP contribution in [0.1, 0.15) is 32.4 Å². The summed E-state index contributed by atoms with van der Waals surface area (Å²) in [7, 11) is 0. The summed E-state index contributed by atoms with van der Waals surface area (Å²) in [6, 6.07) is 7.75. The summed E-state index contributed by atoms with van der Waals surface area (Å²) in [5.41, 5.74) is 1.70. The molecule has 6 nitrogen and oxygen atoms in total. The first-order chi connectivity index (χ1) is 9.93. The van der Waals surface area contributed by atoms with E-state index < -0.39 is 0 Å². The summed E-state index contributed by atoms with van der Waals surface area (Å²) >= 11 is 0. The fraction of sp³-hybridized carbons (Fsp3) is 0.333. The van der Waals surface area contributed by atoms with Crippen molar-refractivity contribution in [3.05, 3.63) is 35.9 Å². The highest BCUT2D eigenvalue weighted by atomic mass is 16.5. The molecule has 108 valence electrons. The summed E-state index contributed by atoms with van der Waals surface area (Å²) in [5, 5.41) is 11.0. The largest absolute Gasteiger partial charge is 0.334 e. The molecule has 0 aliphatic carbocycles. The van der Waals surface area contributed by atoms with Crippen molar-refractivity contribution in [2.75, 3.05) is 0 Å². The maximum Gasteiger partial charge on any atom is 0.257 e. The number of aryl methyl sites for hydroxylation is 1. The van der Waals surface area contributed by atoms with E-state index in [-0.39, 0.29) is 5.41 Å². The Labute approximate surface area is 122 Å². The van der Waals surface area contributed by atoms with Crippen LogP contribution in [-0.2, 0) is 5.41 Å². The molecule has 0 aliphatic heterocycles. The van der Waals surface area contributed by atoms with Crippen LogP contribution in [0.2, 0.25) is 0 Å². The predicted octanol–water partition coefficient (Wildman–Crippen LogP) is 3.13. The molecule has 1 aromatic carbocycles. The van der Waals surface area contributed by atoms with Crippen molar-refractivity contribution in [1.82, 2.24) is 25.3 Å². The normalized spacial score (nSPS) is 11.8. The molecule has 0 saturated heterocycles. The smallest absolute Gasteiger partial charge is 0.257 e. The minimum atomic E-state index is -0.127. The second-order valence-electron chi connectivity index (χ2n) is 5.99. The molecule has 1 N–H and O–H groups in total. The van der Waals surface area contributed by atoms with E-state index in [9.17, 15) is 0 Å². The number of H-pyrrole nitrogens is 1. The summed E-state index contributed by atoms with van der Waals surface area (Å²) in [6.07, 6.45) is 0. The van der Waals surface area contributed by atoms with Crippen LogP contribution in [0.15, 0.2) is 28.8 Å². The monoisotopic (exact) mass is 283 g/mol. The molecular weight excluding hydrogens is 266 g/mol. The molecular formula is C15H17N5O. The minimum Gasteiger partial charge on any atom is -0.334 e. The molecule has 0 atom stereocenters. The number of benzene rings is 1. The first-order valence-electron chi connectivity index (χ1n) is 6.77. The highest BCUT2D eigenvalue weighted by Gasteiger charge is 2.21. The van der Waals surface area contributed by atoms with Crippen LogP contribution in [0.25, 0.3) is 22.8 Å². The highest BCUT2D eigenvalue weighted by Crippen LogP contribution is 2.25. The van der Waals surface area contributed by atoms with Crippen molar-refractivity contribution >= 4 is 0 Å². The zero-order valence-electron chi connectivity index (χ0n) is 12.5. The van der Waals surface area contributed by atoms with Gasteiger partial charge in [0, 0.05) is 16.5 Å². The van der Waals surface area contributed by atoms with Crippen molar-refractivity contribution in [3.63, 3.8) is 0 Å². The SMILES string of the molecule is Cc1nc(-c2ccc(-c3nc(C(C)(C)C)no3)cc2)n[nH]1. The maximum atomic E-state index is 5.33. The molecule has 3 aromatic rings. The van der Waals surface area contributed by atoms with Crippen LogP contribution in [0, 0.1) is 6.92 Å². The number of aromatic amines is 1. The first kappa shape index (κ1) is 13.5. The van der Waals surface area contributed by atoms with Gasteiger partial charge in [0.1, 0.15) is 5.82 Å². The molecule has 2 aromatic heterocycles. The molecule has 0 amide bonds. The summed E-state index contributed by atoms with van der Waals surface area (Å²) in [4.78, 5) is 8.74. The number of hydrogen-bond donors (Lipinski definition) is 1. The van der Waals surface area contributed by atoms with Gasteiger partial charge in [-0.25, -0.2) is 4.98 Å². The number of aromatic nitrogens is 5. The zero-order chi connectivity index (χ0) is 15.0. The van der Waals surface area contributed by atoms with Crippen LogP contribution in [0.5, 0.6) is 0 Å². The van der Waals surface area contributed by atoms with Crippen LogP contribution in [-0.4, -0.2) is 25.3 Å². The molecule has 0 aliphatic rings. The second kappa shape index (κ2) is 4.80. The molecule has 0 bridgehead atoms. The fourth-order valence-electron chi connectivity index (χ4n) is 1.88. The topological polar surface area (TPSA) is 80.5 Å². The molecule has 0 unspecified atom stereocenters. The van der Waals surface area contributed by atoms with E-state index >= 15 is 0 Å². The van der Waals surface area contributed by atoms with Crippen molar-refractivity contribution in [3.8, 4) is 22.8 Å². The Kier molecular flexibility index (Phi) is 3.08. The maximum absolute atomic E-state index is 5.33. The van der Waals surface area contributed by atoms with Crippen molar-refractivity contribution in [2.45, 2.75) is 33.1 Å². The van der Waals surface area contributed by atoms with E-state index in [0.29, 0.717) is 17.5 Å². The predicted molar refractivity (Wildman–Crippen MR) is 78.5 cm³/mol. The van der Waals surface area contributed by atoms with Gasteiger partial charge in [0.2, 0.25) is 0 Å². The van der Waals surface area contributed by atoms with Gasteiger partial charge in [0.05, 0.1) is 0 Å². The van der Waals surface area contributed by atoms with E-state index in [1.165, 1.54) is 0 Å². The Morgan fingerprint density at radius 3 is 2.19 bits per heavy atom. The molecule has 6 heteroatoms. The molecule has 3 rings (SSSR count). The van der Waals surface area contributed by atoms with Crippen LogP contribution >= 0.6 is 0 Å². The van der Waals surface area contributed by atoms with Gasteiger partial charge in [-0.3, -0.25) is 5.10 Å². The molecule has 0 saturated carbocycles. The Morgan fingerprint density at radius 2 is 1.67 bits per heavy atom. The number of nitrogens with zero attached hydrogens (tertiary/aromatic N) is 4. The van der Waals surface area contributed by atoms with E-state index in [4.69, 9.17) is 4.52 Å². The Hall–Kier alpha value is -2.50. The third-order valence-corrected chi connectivity index (χ3v) is 3.08. The van der Waals surface area contributed by atoms with Gasteiger partial charge < -0.3 is 4.52 Å². The lowest BCUT2D eigenvalue weighted by Gasteiger charge is -2.10. The first-order valence-corrected chi connectivity index (χ1v) is 6.77. The zero-order valence-corrected chi connectivity index (χ0v) is 12.5. The lowest BCUT2D eigenvalue weighted by atomic mass is 9.96.